The van der Waals surface area contributed by atoms with E-state index in [2.05, 4.69) is 20.2 Å². The van der Waals surface area contributed by atoms with Gasteiger partial charge < -0.3 is 23.5 Å². The third kappa shape index (κ3) is 10.9. The maximum atomic E-state index is 14.2. The number of Topliss-reactive ketones (excluding diaryl/α,β-unsaturated/α-hetero) is 1. The summed E-state index contributed by atoms with van der Waals surface area (Å²) in [4.78, 5) is 52.4. The molecule has 3 aromatic rings. The Balaban J connectivity index is 1.43. The van der Waals surface area contributed by atoms with Gasteiger partial charge in [-0.15, -0.1) is 0 Å². The van der Waals surface area contributed by atoms with Crippen molar-refractivity contribution in [2.45, 2.75) is 104 Å². The normalized spacial score (nSPS) is 20.1. The molecule has 5 rings (SSSR count). The Morgan fingerprint density at radius 1 is 1.02 bits per heavy atom. The first-order valence-corrected chi connectivity index (χ1v) is 18.0. The average Bonchev–Trinajstić information content (AvgIpc) is 3.62. The van der Waals surface area contributed by atoms with Gasteiger partial charge in [-0.3, -0.25) is 29.8 Å². The van der Waals surface area contributed by atoms with Crippen molar-refractivity contribution in [2.75, 3.05) is 43.0 Å². The van der Waals surface area contributed by atoms with Crippen molar-refractivity contribution in [2.24, 2.45) is 11.8 Å². The Bertz CT molecular complexity index is 1780. The highest BCUT2D eigenvalue weighted by atomic mass is 19.4. The summed E-state index contributed by atoms with van der Waals surface area (Å²) in [6.07, 6.45) is -0.415. The number of amides is 1. The van der Waals surface area contributed by atoms with Crippen molar-refractivity contribution in [3.05, 3.63) is 47.4 Å². The standard InChI is InChI=1S/C38H50F3N5O7/c1-8-50-27-10-12-45(22-27)19-24-14-30-33(43-17-24)32(34(51-30)44-35(49)53-37(5,6)7)29(47)16-25-18-42-11-9-28(25)46-20-23(13-26(21-46)38(39,40)41)15-31(48)52-36(2,3)4/h9,11,14,17-18,23,26-27H,8,10,12-13,15-16,19-22H2,1-7H3,(H,44,49)/t23-,26-,27?/m1/s1. The van der Waals surface area contributed by atoms with Gasteiger partial charge in [0.25, 0.3) is 0 Å². The van der Waals surface area contributed by atoms with Crippen LogP contribution < -0.4 is 10.2 Å². The molecule has 0 spiro atoms. The number of pyridine rings is 2. The molecular formula is C38H50F3N5O7. The first-order chi connectivity index (χ1) is 24.8. The molecule has 3 aromatic heterocycles. The van der Waals surface area contributed by atoms with Crippen molar-refractivity contribution in [1.82, 2.24) is 14.9 Å². The lowest BCUT2D eigenvalue weighted by Gasteiger charge is -2.40. The second-order valence-corrected chi connectivity index (χ2v) is 15.9. The molecule has 0 aliphatic carbocycles. The van der Waals surface area contributed by atoms with Crippen LogP contribution in [0.3, 0.4) is 0 Å². The van der Waals surface area contributed by atoms with Gasteiger partial charge in [0.1, 0.15) is 22.3 Å². The predicted octanol–water partition coefficient (Wildman–Crippen LogP) is 7.34. The van der Waals surface area contributed by atoms with Crippen molar-refractivity contribution in [1.29, 1.82) is 0 Å². The van der Waals surface area contributed by atoms with Gasteiger partial charge >= 0.3 is 18.2 Å². The third-order valence-corrected chi connectivity index (χ3v) is 8.96. The summed E-state index contributed by atoms with van der Waals surface area (Å²) in [6, 6.07) is 3.34. The summed E-state index contributed by atoms with van der Waals surface area (Å²) in [6.45, 7) is 14.8. The number of ether oxygens (including phenoxy) is 3. The van der Waals surface area contributed by atoms with Gasteiger partial charge in [0.05, 0.1) is 18.4 Å². The van der Waals surface area contributed by atoms with Gasteiger partial charge in [0, 0.05) is 75.6 Å². The number of carbonyl (C=O) groups is 3. The first kappa shape index (κ1) is 40.0. The molecule has 1 amide bonds. The molecule has 1 unspecified atom stereocenters. The summed E-state index contributed by atoms with van der Waals surface area (Å²) >= 11 is 0. The van der Waals surface area contributed by atoms with E-state index in [0.29, 0.717) is 24.4 Å². The zero-order valence-electron chi connectivity index (χ0n) is 31.5. The largest absolute Gasteiger partial charge is 0.460 e. The van der Waals surface area contributed by atoms with E-state index < -0.39 is 47.1 Å². The highest BCUT2D eigenvalue weighted by Gasteiger charge is 2.45. The number of aromatic nitrogens is 2. The van der Waals surface area contributed by atoms with Gasteiger partial charge in [-0.05, 0) is 84.9 Å². The monoisotopic (exact) mass is 745 g/mol. The zero-order chi connectivity index (χ0) is 38.7. The highest BCUT2D eigenvalue weighted by molar-refractivity contribution is 6.12. The number of alkyl halides is 3. The highest BCUT2D eigenvalue weighted by Crippen LogP contribution is 2.40. The van der Waals surface area contributed by atoms with Crippen LogP contribution in [0.1, 0.15) is 89.2 Å². The Hall–Kier alpha value is -4.24. The summed E-state index contributed by atoms with van der Waals surface area (Å²) < 4.78 is 65.3. The number of piperidine rings is 1. The Labute approximate surface area is 307 Å². The van der Waals surface area contributed by atoms with E-state index in [0.717, 1.165) is 25.1 Å². The summed E-state index contributed by atoms with van der Waals surface area (Å²) in [5.41, 5.74) is 0.468. The number of halogens is 3. The number of hydrogen-bond donors (Lipinski definition) is 1. The number of esters is 1. The third-order valence-electron chi connectivity index (χ3n) is 8.96. The molecule has 290 valence electrons. The number of furan rings is 1. The number of carbonyl (C=O) groups excluding carboxylic acids is 3. The van der Waals surface area contributed by atoms with Gasteiger partial charge in [0.15, 0.2) is 11.4 Å². The van der Waals surface area contributed by atoms with E-state index in [4.69, 9.17) is 18.6 Å². The van der Waals surface area contributed by atoms with E-state index in [9.17, 15) is 27.6 Å². The molecule has 3 atom stereocenters. The van der Waals surface area contributed by atoms with Crippen LogP contribution in [0.2, 0.25) is 0 Å². The molecule has 2 saturated heterocycles. The Kier molecular flexibility index (Phi) is 12.1. The maximum Gasteiger partial charge on any atom is 0.414 e. The Morgan fingerprint density at radius 3 is 2.43 bits per heavy atom. The molecule has 2 aliphatic rings. The number of fused-ring (bicyclic) bond motifs is 1. The molecule has 5 heterocycles. The molecule has 15 heteroatoms. The van der Waals surface area contributed by atoms with Crippen LogP contribution >= 0.6 is 0 Å². The minimum absolute atomic E-state index is 0.000547. The number of likely N-dealkylation sites (tertiary alicyclic amines) is 1. The quantitative estimate of drug-likeness (QED) is 0.156. The fourth-order valence-electron chi connectivity index (χ4n) is 6.95. The summed E-state index contributed by atoms with van der Waals surface area (Å²) in [7, 11) is 0. The second kappa shape index (κ2) is 16.0. The van der Waals surface area contributed by atoms with Crippen LogP contribution in [-0.4, -0.2) is 89.0 Å². The zero-order valence-corrected chi connectivity index (χ0v) is 31.5. The number of hydrogen-bond acceptors (Lipinski definition) is 11. The number of nitrogens with zero attached hydrogens (tertiary/aromatic N) is 4. The van der Waals surface area contributed by atoms with Crippen molar-refractivity contribution in [3.8, 4) is 0 Å². The van der Waals surface area contributed by atoms with E-state index in [1.165, 1.54) is 12.4 Å². The van der Waals surface area contributed by atoms with Crippen LogP contribution in [0, 0.1) is 11.8 Å². The van der Waals surface area contributed by atoms with E-state index in [1.54, 1.807) is 64.8 Å². The van der Waals surface area contributed by atoms with Gasteiger partial charge in [0.2, 0.25) is 5.88 Å². The molecule has 1 N–H and O–H groups in total. The van der Waals surface area contributed by atoms with Crippen LogP contribution in [0.15, 0.2) is 35.1 Å². The number of nitrogens with one attached hydrogen (secondary N) is 1. The van der Waals surface area contributed by atoms with E-state index in [-0.39, 0.29) is 61.0 Å². The Morgan fingerprint density at radius 2 is 1.75 bits per heavy atom. The lowest BCUT2D eigenvalue weighted by Crippen LogP contribution is -2.47. The molecule has 0 radical (unpaired) electrons. The molecule has 0 saturated carbocycles. The minimum Gasteiger partial charge on any atom is -0.460 e. The van der Waals surface area contributed by atoms with Crippen molar-refractivity contribution in [3.63, 3.8) is 0 Å². The van der Waals surface area contributed by atoms with E-state index in [1.807, 2.05) is 6.92 Å². The van der Waals surface area contributed by atoms with Gasteiger partial charge in [-0.1, -0.05) is 0 Å². The van der Waals surface area contributed by atoms with Crippen LogP contribution in [-0.2, 0) is 32.0 Å². The minimum atomic E-state index is -4.50. The lowest BCUT2D eigenvalue weighted by molar-refractivity contribution is -0.181. The number of ketones is 1. The molecule has 53 heavy (non-hydrogen) atoms. The molecule has 2 aliphatic heterocycles. The van der Waals surface area contributed by atoms with Crippen LogP contribution in [0.25, 0.3) is 11.1 Å². The van der Waals surface area contributed by atoms with E-state index >= 15 is 0 Å². The second-order valence-electron chi connectivity index (χ2n) is 15.9. The number of anilines is 2. The smallest absolute Gasteiger partial charge is 0.414 e. The molecule has 2 fully saturated rings. The molecule has 0 bridgehead atoms. The molecular weight excluding hydrogens is 695 g/mol. The maximum absolute atomic E-state index is 14.2. The van der Waals surface area contributed by atoms with Crippen molar-refractivity contribution >= 4 is 40.5 Å². The molecule has 0 aromatic carbocycles. The average molecular weight is 746 g/mol. The summed E-state index contributed by atoms with van der Waals surface area (Å²) in [5.74, 6) is -3.57. The first-order valence-electron chi connectivity index (χ1n) is 18.0. The SMILES string of the molecule is CCOC1CCN(Cc2cnc3c(C(=O)Cc4cnccc4N4C[C@@H](CC(=O)OC(C)(C)C)C[C@@H](C(F)(F)F)C4)c(NC(=O)OC(C)(C)C)oc3c2)C1. The fourth-order valence-corrected chi connectivity index (χ4v) is 6.95. The van der Waals surface area contributed by atoms with Crippen LogP contribution in [0.5, 0.6) is 0 Å². The van der Waals surface area contributed by atoms with Crippen LogP contribution in [0.4, 0.5) is 29.5 Å². The topological polar surface area (TPSA) is 136 Å². The number of rotatable bonds is 11. The van der Waals surface area contributed by atoms with Gasteiger partial charge in [-0.2, -0.15) is 13.2 Å². The molecule has 12 nitrogen and oxygen atoms in total. The fraction of sp³-hybridized carbons (Fsp3) is 0.605. The summed E-state index contributed by atoms with van der Waals surface area (Å²) in [5, 5.41) is 2.57. The van der Waals surface area contributed by atoms with Gasteiger partial charge in [-0.25, -0.2) is 4.79 Å². The predicted molar refractivity (Wildman–Crippen MR) is 192 cm³/mol. The lowest BCUT2D eigenvalue weighted by atomic mass is 9.86. The van der Waals surface area contributed by atoms with Crippen molar-refractivity contribution < 1.29 is 46.2 Å².